The van der Waals surface area contributed by atoms with Crippen molar-refractivity contribution in [2.75, 3.05) is 18.4 Å². The molecule has 0 aliphatic carbocycles. The number of amides is 1. The fraction of sp³-hybridized carbons (Fsp3) is 0.385. The van der Waals surface area contributed by atoms with Gasteiger partial charge in [0, 0.05) is 25.1 Å². The van der Waals surface area contributed by atoms with Gasteiger partial charge in [0.15, 0.2) is 0 Å². The van der Waals surface area contributed by atoms with E-state index in [0.717, 1.165) is 0 Å². The number of nitriles is 1. The molecule has 0 saturated carbocycles. The maximum absolute atomic E-state index is 11.3. The molecule has 0 atom stereocenters. The van der Waals surface area contributed by atoms with Crippen molar-refractivity contribution in [3.05, 3.63) is 33.9 Å². The van der Waals surface area contributed by atoms with E-state index in [1.165, 1.54) is 18.2 Å². The van der Waals surface area contributed by atoms with Crippen LogP contribution in [0.4, 0.5) is 11.4 Å². The second-order valence-electron chi connectivity index (χ2n) is 4.47. The highest BCUT2D eigenvalue weighted by Gasteiger charge is 2.14. The molecule has 0 aliphatic heterocycles. The third-order valence-electron chi connectivity index (χ3n) is 2.59. The Labute approximate surface area is 116 Å². The highest BCUT2D eigenvalue weighted by atomic mass is 16.6. The van der Waals surface area contributed by atoms with E-state index in [1.807, 2.05) is 6.07 Å². The lowest BCUT2D eigenvalue weighted by atomic mass is 10.2. The van der Waals surface area contributed by atoms with Crippen LogP contribution in [0.5, 0.6) is 0 Å². The van der Waals surface area contributed by atoms with Crippen molar-refractivity contribution in [3.63, 3.8) is 0 Å². The molecule has 0 heterocycles. The number of rotatable bonds is 6. The molecule has 1 aromatic carbocycles. The van der Waals surface area contributed by atoms with Crippen LogP contribution < -0.4 is 10.6 Å². The van der Waals surface area contributed by atoms with Crippen LogP contribution in [-0.4, -0.2) is 23.9 Å². The molecule has 0 saturated heterocycles. The second-order valence-corrected chi connectivity index (χ2v) is 4.47. The third kappa shape index (κ3) is 4.24. The van der Waals surface area contributed by atoms with Gasteiger partial charge in [-0.1, -0.05) is 13.8 Å². The van der Waals surface area contributed by atoms with Crippen LogP contribution in [0.2, 0.25) is 0 Å². The predicted octanol–water partition coefficient (Wildman–Crippen LogP) is 1.65. The zero-order valence-electron chi connectivity index (χ0n) is 11.3. The summed E-state index contributed by atoms with van der Waals surface area (Å²) in [5.41, 5.74) is 0.511. The highest BCUT2D eigenvalue weighted by molar-refractivity contribution is 5.77. The number of anilines is 1. The van der Waals surface area contributed by atoms with Crippen molar-refractivity contribution in [2.24, 2.45) is 5.92 Å². The van der Waals surface area contributed by atoms with E-state index in [4.69, 9.17) is 5.26 Å². The lowest BCUT2D eigenvalue weighted by Crippen LogP contribution is -2.31. The van der Waals surface area contributed by atoms with Crippen molar-refractivity contribution >= 4 is 17.3 Å². The number of nitrogens with zero attached hydrogens (tertiary/aromatic N) is 2. The van der Waals surface area contributed by atoms with Crippen LogP contribution >= 0.6 is 0 Å². The molecule has 0 radical (unpaired) electrons. The number of benzene rings is 1. The predicted molar refractivity (Wildman–Crippen MR) is 74.1 cm³/mol. The average Bonchev–Trinajstić information content (AvgIpc) is 2.42. The number of carbonyl (C=O) groups is 1. The van der Waals surface area contributed by atoms with E-state index in [1.54, 1.807) is 13.8 Å². The molecule has 106 valence electrons. The highest BCUT2D eigenvalue weighted by Crippen LogP contribution is 2.24. The minimum atomic E-state index is -0.518. The maximum Gasteiger partial charge on any atom is 0.292 e. The summed E-state index contributed by atoms with van der Waals surface area (Å²) in [7, 11) is 0. The topological polar surface area (TPSA) is 108 Å². The molecule has 0 unspecified atom stereocenters. The number of nitro benzene ring substituents is 1. The molecule has 0 aromatic heterocycles. The SMILES string of the molecule is CC(C)C(=O)NCCNc1cc(C#N)ccc1[N+](=O)[O-]. The Morgan fingerprint density at radius 1 is 1.45 bits per heavy atom. The largest absolute Gasteiger partial charge is 0.378 e. The minimum absolute atomic E-state index is 0.0768. The summed E-state index contributed by atoms with van der Waals surface area (Å²) in [4.78, 5) is 21.7. The Morgan fingerprint density at radius 2 is 2.15 bits per heavy atom. The van der Waals surface area contributed by atoms with Crippen LogP contribution in [0.1, 0.15) is 19.4 Å². The fourth-order valence-corrected chi connectivity index (χ4v) is 1.49. The molecule has 2 N–H and O–H groups in total. The molecule has 1 amide bonds. The zero-order chi connectivity index (χ0) is 15.1. The monoisotopic (exact) mass is 276 g/mol. The van der Waals surface area contributed by atoms with Crippen molar-refractivity contribution in [2.45, 2.75) is 13.8 Å². The van der Waals surface area contributed by atoms with E-state index in [-0.39, 0.29) is 23.2 Å². The van der Waals surface area contributed by atoms with Gasteiger partial charge in [-0.2, -0.15) is 5.26 Å². The van der Waals surface area contributed by atoms with Gasteiger partial charge in [-0.15, -0.1) is 0 Å². The van der Waals surface area contributed by atoms with Crippen LogP contribution in [-0.2, 0) is 4.79 Å². The van der Waals surface area contributed by atoms with E-state index < -0.39 is 4.92 Å². The quantitative estimate of drug-likeness (QED) is 0.466. The first kappa shape index (κ1) is 15.4. The third-order valence-corrected chi connectivity index (χ3v) is 2.59. The van der Waals surface area contributed by atoms with Crippen LogP contribution in [0.15, 0.2) is 18.2 Å². The molecule has 0 bridgehead atoms. The van der Waals surface area contributed by atoms with E-state index >= 15 is 0 Å². The number of hydrogen-bond donors (Lipinski definition) is 2. The Kier molecular flexibility index (Phi) is 5.47. The first-order valence-corrected chi connectivity index (χ1v) is 6.16. The standard InChI is InChI=1S/C13H16N4O3/c1-9(2)13(18)16-6-5-15-11-7-10(8-14)3-4-12(11)17(19)20/h3-4,7,9,15H,5-6H2,1-2H3,(H,16,18). The normalized spacial score (nSPS) is 9.90. The van der Waals surface area contributed by atoms with Gasteiger partial charge in [-0.3, -0.25) is 14.9 Å². The Balaban J connectivity index is 2.65. The van der Waals surface area contributed by atoms with Crippen molar-refractivity contribution < 1.29 is 9.72 Å². The maximum atomic E-state index is 11.3. The first-order valence-electron chi connectivity index (χ1n) is 6.16. The summed E-state index contributed by atoms with van der Waals surface area (Å²) in [6.45, 7) is 4.26. The van der Waals surface area contributed by atoms with Gasteiger partial charge in [0.2, 0.25) is 5.91 Å². The Morgan fingerprint density at radius 3 is 2.70 bits per heavy atom. The van der Waals surface area contributed by atoms with Gasteiger partial charge in [0.1, 0.15) is 5.69 Å². The van der Waals surface area contributed by atoms with Gasteiger partial charge in [-0.05, 0) is 12.1 Å². The summed E-state index contributed by atoms with van der Waals surface area (Å²) in [5.74, 6) is -0.182. The summed E-state index contributed by atoms with van der Waals surface area (Å²) in [6.07, 6.45) is 0. The van der Waals surface area contributed by atoms with Gasteiger partial charge in [0.25, 0.3) is 5.69 Å². The van der Waals surface area contributed by atoms with Crippen LogP contribution in [0.3, 0.4) is 0 Å². The molecular weight excluding hydrogens is 260 g/mol. The summed E-state index contributed by atoms with van der Waals surface area (Å²) in [5, 5.41) is 25.2. The summed E-state index contributed by atoms with van der Waals surface area (Å²) < 4.78 is 0. The summed E-state index contributed by atoms with van der Waals surface area (Å²) >= 11 is 0. The zero-order valence-corrected chi connectivity index (χ0v) is 11.3. The Hall–Kier alpha value is -2.62. The van der Waals surface area contributed by atoms with E-state index in [9.17, 15) is 14.9 Å². The first-order chi connectivity index (χ1) is 9.45. The number of hydrogen-bond acceptors (Lipinski definition) is 5. The van der Waals surface area contributed by atoms with Crippen molar-refractivity contribution in [3.8, 4) is 6.07 Å². The van der Waals surface area contributed by atoms with E-state index in [2.05, 4.69) is 10.6 Å². The average molecular weight is 276 g/mol. The molecule has 7 nitrogen and oxygen atoms in total. The van der Waals surface area contributed by atoms with Gasteiger partial charge >= 0.3 is 0 Å². The van der Waals surface area contributed by atoms with Gasteiger partial charge < -0.3 is 10.6 Å². The molecule has 0 aliphatic rings. The van der Waals surface area contributed by atoms with Crippen molar-refractivity contribution in [1.29, 1.82) is 5.26 Å². The fourth-order valence-electron chi connectivity index (χ4n) is 1.49. The number of nitro groups is 1. The second kappa shape index (κ2) is 7.09. The molecular formula is C13H16N4O3. The number of carbonyl (C=O) groups excluding carboxylic acids is 1. The molecule has 0 spiro atoms. The van der Waals surface area contributed by atoms with Crippen LogP contribution in [0.25, 0.3) is 0 Å². The number of nitrogens with one attached hydrogen (secondary N) is 2. The molecule has 0 fully saturated rings. The Bertz CT molecular complexity index is 549. The lowest BCUT2D eigenvalue weighted by molar-refractivity contribution is -0.384. The van der Waals surface area contributed by atoms with Gasteiger partial charge in [-0.25, -0.2) is 0 Å². The molecule has 1 aromatic rings. The minimum Gasteiger partial charge on any atom is -0.378 e. The van der Waals surface area contributed by atoms with E-state index in [0.29, 0.717) is 18.7 Å². The smallest absolute Gasteiger partial charge is 0.292 e. The van der Waals surface area contributed by atoms with Crippen molar-refractivity contribution in [1.82, 2.24) is 5.32 Å². The molecule has 1 rings (SSSR count). The summed E-state index contributed by atoms with van der Waals surface area (Å²) in [6, 6.07) is 6.02. The molecule has 20 heavy (non-hydrogen) atoms. The van der Waals surface area contributed by atoms with Gasteiger partial charge in [0.05, 0.1) is 16.6 Å². The molecule has 7 heteroatoms. The lowest BCUT2D eigenvalue weighted by Gasteiger charge is -2.10. The van der Waals surface area contributed by atoms with Crippen LogP contribution in [0, 0.1) is 27.4 Å².